The Morgan fingerprint density at radius 1 is 1.11 bits per heavy atom. The molecule has 1 fully saturated rings. The van der Waals surface area contributed by atoms with Gasteiger partial charge in [0.1, 0.15) is 5.69 Å². The van der Waals surface area contributed by atoms with Crippen molar-refractivity contribution < 1.29 is 9.59 Å². The summed E-state index contributed by atoms with van der Waals surface area (Å²) >= 11 is 0. The highest BCUT2D eigenvalue weighted by molar-refractivity contribution is 5.97. The quantitative estimate of drug-likeness (QED) is 0.555. The normalized spacial score (nSPS) is 16.0. The van der Waals surface area contributed by atoms with Gasteiger partial charge in [-0.05, 0) is 56.6 Å². The molecule has 0 aliphatic carbocycles. The van der Waals surface area contributed by atoms with Crippen LogP contribution in [-0.4, -0.2) is 75.9 Å². The number of fused-ring (bicyclic) bond motifs is 1. The molecular weight excluding hydrogens is 454 g/mol. The van der Waals surface area contributed by atoms with E-state index in [-0.39, 0.29) is 11.8 Å². The summed E-state index contributed by atoms with van der Waals surface area (Å²) in [6.07, 6.45) is 2.93. The second kappa shape index (κ2) is 10.1. The van der Waals surface area contributed by atoms with Gasteiger partial charge in [-0.25, -0.2) is 9.97 Å². The van der Waals surface area contributed by atoms with E-state index in [0.717, 1.165) is 66.5 Å². The molecule has 0 bridgehead atoms. The molecule has 2 aromatic heterocycles. The van der Waals surface area contributed by atoms with Crippen LogP contribution in [-0.2, 0) is 17.8 Å². The molecule has 2 amide bonds. The number of carbonyl (C=O) groups is 2. The Kier molecular flexibility index (Phi) is 6.73. The lowest BCUT2D eigenvalue weighted by atomic mass is 10.1. The average Bonchev–Trinajstić information content (AvgIpc) is 3.14. The van der Waals surface area contributed by atoms with Crippen molar-refractivity contribution >= 4 is 23.5 Å². The van der Waals surface area contributed by atoms with Crippen LogP contribution in [0.4, 0.5) is 11.6 Å². The number of rotatable bonds is 6. The van der Waals surface area contributed by atoms with Gasteiger partial charge in [-0.1, -0.05) is 12.1 Å². The van der Waals surface area contributed by atoms with Crippen LogP contribution in [0.15, 0.2) is 36.5 Å². The van der Waals surface area contributed by atoms with Gasteiger partial charge in [0.05, 0.1) is 5.69 Å². The first kappa shape index (κ1) is 24.0. The molecule has 0 unspecified atom stereocenters. The molecule has 9 heteroatoms. The fourth-order valence-corrected chi connectivity index (χ4v) is 5.17. The summed E-state index contributed by atoms with van der Waals surface area (Å²) in [4.78, 5) is 38.5. The van der Waals surface area contributed by atoms with Crippen molar-refractivity contribution in [1.82, 2.24) is 29.7 Å². The van der Waals surface area contributed by atoms with E-state index < -0.39 is 0 Å². The number of piperazine rings is 1. The molecule has 4 heterocycles. The molecular formula is C27H33N7O2. The Morgan fingerprint density at radius 3 is 2.69 bits per heavy atom. The van der Waals surface area contributed by atoms with Crippen molar-refractivity contribution in [3.05, 3.63) is 59.0 Å². The van der Waals surface area contributed by atoms with Crippen LogP contribution in [0.5, 0.6) is 0 Å². The highest BCUT2D eigenvalue weighted by atomic mass is 16.2. The van der Waals surface area contributed by atoms with Crippen LogP contribution in [0.1, 0.15) is 33.7 Å². The van der Waals surface area contributed by atoms with Crippen molar-refractivity contribution in [2.75, 3.05) is 45.1 Å². The number of aromatic nitrogens is 3. The van der Waals surface area contributed by atoms with Gasteiger partial charge in [-0.15, -0.1) is 0 Å². The van der Waals surface area contributed by atoms with Crippen LogP contribution in [0.25, 0.3) is 11.3 Å². The second-order valence-corrected chi connectivity index (χ2v) is 9.62. The van der Waals surface area contributed by atoms with Crippen molar-refractivity contribution in [2.45, 2.75) is 33.2 Å². The number of aryl methyl sites for hydroxylation is 1. The summed E-state index contributed by atoms with van der Waals surface area (Å²) in [6, 6.07) is 9.93. The third-order valence-electron chi connectivity index (χ3n) is 7.18. The number of nitrogens with zero attached hydrogens (tertiary/aromatic N) is 5. The van der Waals surface area contributed by atoms with Crippen LogP contribution in [0.3, 0.4) is 0 Å². The van der Waals surface area contributed by atoms with E-state index in [1.165, 1.54) is 0 Å². The van der Waals surface area contributed by atoms with Crippen LogP contribution < -0.4 is 10.6 Å². The van der Waals surface area contributed by atoms with Gasteiger partial charge in [0.2, 0.25) is 11.9 Å². The Balaban J connectivity index is 1.29. The number of anilines is 2. The van der Waals surface area contributed by atoms with Gasteiger partial charge < -0.3 is 25.0 Å². The first-order chi connectivity index (χ1) is 17.4. The van der Waals surface area contributed by atoms with E-state index in [2.05, 4.69) is 32.1 Å². The van der Waals surface area contributed by atoms with Gasteiger partial charge in [0, 0.05) is 68.8 Å². The van der Waals surface area contributed by atoms with E-state index in [1.54, 1.807) is 6.20 Å². The Morgan fingerprint density at radius 2 is 1.92 bits per heavy atom. The van der Waals surface area contributed by atoms with Gasteiger partial charge in [-0.2, -0.15) is 0 Å². The number of likely N-dealkylation sites (N-methyl/N-ethyl adjacent to an activating group) is 1. The minimum absolute atomic E-state index is 0.0385. The molecule has 0 atom stereocenters. The molecule has 1 saturated heterocycles. The summed E-state index contributed by atoms with van der Waals surface area (Å²) in [5.74, 6) is 0.668. The van der Waals surface area contributed by atoms with E-state index in [0.29, 0.717) is 31.0 Å². The maximum Gasteiger partial charge on any atom is 0.268 e. The lowest BCUT2D eigenvalue weighted by molar-refractivity contribution is -0.132. The van der Waals surface area contributed by atoms with Crippen molar-refractivity contribution in [1.29, 1.82) is 0 Å². The molecule has 3 aromatic rings. The van der Waals surface area contributed by atoms with Gasteiger partial charge >= 0.3 is 0 Å². The van der Waals surface area contributed by atoms with Gasteiger partial charge in [0.25, 0.3) is 5.91 Å². The molecule has 9 nitrogen and oxygen atoms in total. The fraction of sp³-hybridized carbons (Fsp3) is 0.407. The molecule has 0 radical (unpaired) electrons. The van der Waals surface area contributed by atoms with Crippen molar-refractivity contribution in [3.8, 4) is 11.3 Å². The standard InChI is InChI=1S/C27H33N7O2/c1-18-24(19(2)34-12-11-28-26(36)25(18)34)22-9-10-29-27(31-22)30-21-6-4-5-20(17-21)7-8-23(35)33-15-13-32(3)14-16-33/h4-6,9-10,17H,7-8,11-16H2,1-3H3,(H,28,36)(H,29,30,31). The minimum Gasteiger partial charge on any atom is -0.349 e. The number of hydrogen-bond acceptors (Lipinski definition) is 6. The Bertz CT molecular complexity index is 1290. The highest BCUT2D eigenvalue weighted by Gasteiger charge is 2.26. The van der Waals surface area contributed by atoms with Crippen LogP contribution in [0.2, 0.25) is 0 Å². The first-order valence-corrected chi connectivity index (χ1v) is 12.5. The zero-order valence-corrected chi connectivity index (χ0v) is 21.2. The Labute approximate surface area is 211 Å². The number of hydrogen-bond donors (Lipinski definition) is 2. The molecule has 1 aromatic carbocycles. The van der Waals surface area contributed by atoms with Gasteiger partial charge in [0.15, 0.2) is 0 Å². The zero-order valence-electron chi connectivity index (χ0n) is 21.2. The zero-order chi connectivity index (χ0) is 25.2. The predicted molar refractivity (Wildman–Crippen MR) is 139 cm³/mol. The van der Waals surface area contributed by atoms with E-state index in [9.17, 15) is 9.59 Å². The number of amides is 2. The monoisotopic (exact) mass is 487 g/mol. The predicted octanol–water partition coefficient (Wildman–Crippen LogP) is 2.76. The average molecular weight is 488 g/mol. The number of carbonyl (C=O) groups excluding carboxylic acids is 2. The van der Waals surface area contributed by atoms with E-state index in [1.807, 2.05) is 49.1 Å². The third kappa shape index (κ3) is 4.83. The Hall–Kier alpha value is -3.72. The van der Waals surface area contributed by atoms with Crippen LogP contribution >= 0.6 is 0 Å². The topological polar surface area (TPSA) is 95.4 Å². The maximum absolute atomic E-state index is 12.6. The second-order valence-electron chi connectivity index (χ2n) is 9.62. The van der Waals surface area contributed by atoms with E-state index in [4.69, 9.17) is 4.98 Å². The molecule has 0 spiro atoms. The third-order valence-corrected chi connectivity index (χ3v) is 7.18. The SMILES string of the molecule is Cc1c(-c2ccnc(Nc3cccc(CCC(=O)N4CCN(C)CC4)c3)n2)c(C)n2c1C(=O)NCC2. The molecule has 2 N–H and O–H groups in total. The minimum atomic E-state index is -0.0385. The summed E-state index contributed by atoms with van der Waals surface area (Å²) in [6.45, 7) is 8.87. The van der Waals surface area contributed by atoms with Gasteiger partial charge in [-0.3, -0.25) is 9.59 Å². The van der Waals surface area contributed by atoms with E-state index >= 15 is 0 Å². The first-order valence-electron chi connectivity index (χ1n) is 12.5. The molecule has 2 aliphatic rings. The van der Waals surface area contributed by atoms with Crippen LogP contribution in [0, 0.1) is 13.8 Å². The largest absolute Gasteiger partial charge is 0.349 e. The lowest BCUT2D eigenvalue weighted by Crippen LogP contribution is -2.47. The highest BCUT2D eigenvalue weighted by Crippen LogP contribution is 2.32. The molecule has 36 heavy (non-hydrogen) atoms. The van der Waals surface area contributed by atoms with Crippen molar-refractivity contribution in [3.63, 3.8) is 0 Å². The summed E-state index contributed by atoms with van der Waals surface area (Å²) < 4.78 is 2.08. The smallest absolute Gasteiger partial charge is 0.268 e. The number of nitrogens with one attached hydrogen (secondary N) is 2. The number of benzene rings is 1. The molecule has 2 aliphatic heterocycles. The lowest BCUT2D eigenvalue weighted by Gasteiger charge is -2.32. The maximum atomic E-state index is 12.6. The fourth-order valence-electron chi connectivity index (χ4n) is 5.17. The molecule has 0 saturated carbocycles. The summed E-state index contributed by atoms with van der Waals surface area (Å²) in [7, 11) is 2.09. The molecule has 5 rings (SSSR count). The molecule has 188 valence electrons. The van der Waals surface area contributed by atoms with Crippen molar-refractivity contribution in [2.24, 2.45) is 0 Å². The summed E-state index contributed by atoms with van der Waals surface area (Å²) in [5, 5.41) is 6.24. The summed E-state index contributed by atoms with van der Waals surface area (Å²) in [5.41, 5.74) is 6.41.